The Hall–Kier alpha value is -1.83. The summed E-state index contributed by atoms with van der Waals surface area (Å²) in [5.74, 6) is 0.820. The number of aromatic nitrogens is 2. The van der Waals surface area contributed by atoms with Gasteiger partial charge in [-0.3, -0.25) is 4.90 Å². The highest BCUT2D eigenvalue weighted by molar-refractivity contribution is 6.31. The van der Waals surface area contributed by atoms with Crippen LogP contribution in [0, 0.1) is 0 Å². The number of halogens is 1. The van der Waals surface area contributed by atoms with Crippen LogP contribution < -0.4 is 5.32 Å². The molecule has 0 saturated carbocycles. The molecule has 7 nitrogen and oxygen atoms in total. The molecule has 0 radical (unpaired) electrons. The first-order valence-corrected chi connectivity index (χ1v) is 10.1. The summed E-state index contributed by atoms with van der Waals surface area (Å²) < 4.78 is 0. The van der Waals surface area contributed by atoms with Crippen molar-refractivity contribution in [2.24, 2.45) is 0 Å². The molecule has 2 atom stereocenters. The van der Waals surface area contributed by atoms with Crippen molar-refractivity contribution in [3.05, 3.63) is 29.0 Å². The monoisotopic (exact) mass is 391 g/mol. The number of hydrogen-bond donors (Lipinski definition) is 3. The maximum atomic E-state index is 12.5. The lowest BCUT2D eigenvalue weighted by Gasteiger charge is -2.33. The summed E-state index contributed by atoms with van der Waals surface area (Å²) >= 11 is 5.99. The number of piperidine rings is 1. The largest absolute Gasteiger partial charge is 0.390 e. The van der Waals surface area contributed by atoms with Crippen molar-refractivity contribution in [3.63, 3.8) is 0 Å². The van der Waals surface area contributed by atoms with Crippen LogP contribution >= 0.6 is 11.6 Å². The Balaban J connectivity index is 1.27. The number of hydrogen-bond acceptors (Lipinski definition) is 4. The maximum Gasteiger partial charge on any atom is 0.317 e. The summed E-state index contributed by atoms with van der Waals surface area (Å²) in [5.41, 5.74) is 1.77. The number of amides is 2. The van der Waals surface area contributed by atoms with Crippen molar-refractivity contribution >= 4 is 28.7 Å². The van der Waals surface area contributed by atoms with Gasteiger partial charge in [0.1, 0.15) is 5.82 Å². The number of carbonyl (C=O) groups excluding carboxylic acids is 1. The van der Waals surface area contributed by atoms with Crippen molar-refractivity contribution in [2.75, 3.05) is 32.7 Å². The molecule has 0 aliphatic carbocycles. The average Bonchev–Trinajstić information content (AvgIpc) is 3.25. The van der Waals surface area contributed by atoms with Gasteiger partial charge in [0.05, 0.1) is 23.2 Å². The summed E-state index contributed by atoms with van der Waals surface area (Å²) in [6, 6.07) is 5.48. The van der Waals surface area contributed by atoms with Crippen LogP contribution in [0.2, 0.25) is 5.02 Å². The SMILES string of the molecule is O=C(NCCc1nc2ccc(Cl)cc2[nH]1)N1C[C@H](O)[C@@H](N2CCCCC2)C1. The third-order valence-corrected chi connectivity index (χ3v) is 5.77. The lowest BCUT2D eigenvalue weighted by Crippen LogP contribution is -2.46. The molecule has 27 heavy (non-hydrogen) atoms. The third-order valence-electron chi connectivity index (χ3n) is 5.54. The zero-order chi connectivity index (χ0) is 18.8. The van der Waals surface area contributed by atoms with E-state index >= 15 is 0 Å². The smallest absolute Gasteiger partial charge is 0.317 e. The van der Waals surface area contributed by atoms with Crippen LogP contribution in [-0.4, -0.2) is 75.8 Å². The Morgan fingerprint density at radius 2 is 2.11 bits per heavy atom. The van der Waals surface area contributed by atoms with E-state index < -0.39 is 6.10 Å². The molecular weight excluding hydrogens is 366 g/mol. The quantitative estimate of drug-likeness (QED) is 0.744. The fourth-order valence-corrected chi connectivity index (χ4v) is 4.27. The summed E-state index contributed by atoms with van der Waals surface area (Å²) in [6.07, 6.45) is 3.77. The molecule has 2 fully saturated rings. The molecule has 4 rings (SSSR count). The van der Waals surface area contributed by atoms with Gasteiger partial charge < -0.3 is 20.3 Å². The number of rotatable bonds is 4. The van der Waals surface area contributed by atoms with E-state index in [2.05, 4.69) is 20.2 Å². The van der Waals surface area contributed by atoms with Gasteiger partial charge >= 0.3 is 6.03 Å². The summed E-state index contributed by atoms with van der Waals surface area (Å²) in [4.78, 5) is 24.3. The minimum Gasteiger partial charge on any atom is -0.390 e. The number of carbonyl (C=O) groups is 1. The zero-order valence-electron chi connectivity index (χ0n) is 15.3. The van der Waals surface area contributed by atoms with Crippen LogP contribution in [0.3, 0.4) is 0 Å². The highest BCUT2D eigenvalue weighted by Crippen LogP contribution is 2.21. The van der Waals surface area contributed by atoms with E-state index in [0.717, 1.165) is 29.9 Å². The first-order valence-electron chi connectivity index (χ1n) is 9.69. The predicted octanol–water partition coefficient (Wildman–Crippen LogP) is 2.00. The minimum absolute atomic E-state index is 0.0659. The van der Waals surface area contributed by atoms with Gasteiger partial charge in [-0.25, -0.2) is 9.78 Å². The number of nitrogens with one attached hydrogen (secondary N) is 2. The molecule has 0 bridgehead atoms. The number of nitrogens with zero attached hydrogens (tertiary/aromatic N) is 3. The number of aliphatic hydroxyl groups excluding tert-OH is 1. The Bertz CT molecular complexity index is 804. The summed E-state index contributed by atoms with van der Waals surface area (Å²) in [5, 5.41) is 14.0. The average molecular weight is 392 g/mol. The second-order valence-corrected chi connectivity index (χ2v) is 7.90. The standard InChI is InChI=1S/C19H26ClN5O2/c20-13-4-5-14-15(10-13)23-18(22-14)6-7-21-19(27)25-11-16(17(26)12-25)24-8-2-1-3-9-24/h4-5,10,16-17,26H,1-3,6-9,11-12H2,(H,21,27)(H,22,23)/t16-,17-/m0/s1. The van der Waals surface area contributed by atoms with Gasteiger partial charge in [0.15, 0.2) is 0 Å². The van der Waals surface area contributed by atoms with Gasteiger partial charge in [0, 0.05) is 31.1 Å². The number of likely N-dealkylation sites (tertiary alicyclic amines) is 2. The Labute approximate surface area is 163 Å². The molecule has 0 spiro atoms. The summed E-state index contributed by atoms with van der Waals surface area (Å²) in [7, 11) is 0. The van der Waals surface area contributed by atoms with E-state index in [1.165, 1.54) is 19.3 Å². The van der Waals surface area contributed by atoms with Crippen molar-refractivity contribution in [1.82, 2.24) is 25.1 Å². The Morgan fingerprint density at radius 1 is 1.30 bits per heavy atom. The van der Waals surface area contributed by atoms with Crippen molar-refractivity contribution in [2.45, 2.75) is 37.8 Å². The van der Waals surface area contributed by atoms with Crippen LogP contribution in [-0.2, 0) is 6.42 Å². The summed E-state index contributed by atoms with van der Waals surface area (Å²) in [6.45, 7) is 3.53. The Kier molecular flexibility index (Phi) is 5.52. The van der Waals surface area contributed by atoms with Gasteiger partial charge in [0.2, 0.25) is 0 Å². The number of imidazole rings is 1. The van der Waals surface area contributed by atoms with Crippen LogP contribution in [0.15, 0.2) is 18.2 Å². The van der Waals surface area contributed by atoms with E-state index in [0.29, 0.717) is 31.1 Å². The molecule has 2 aromatic rings. The zero-order valence-corrected chi connectivity index (χ0v) is 16.1. The molecule has 3 N–H and O–H groups in total. The highest BCUT2D eigenvalue weighted by Gasteiger charge is 2.37. The Morgan fingerprint density at radius 3 is 2.93 bits per heavy atom. The highest BCUT2D eigenvalue weighted by atomic mass is 35.5. The van der Waals surface area contributed by atoms with E-state index in [1.807, 2.05) is 18.2 Å². The van der Waals surface area contributed by atoms with E-state index in [-0.39, 0.29) is 12.1 Å². The number of benzene rings is 1. The second-order valence-electron chi connectivity index (χ2n) is 7.46. The maximum absolute atomic E-state index is 12.5. The molecule has 2 aliphatic rings. The normalized spacial score (nSPS) is 23.9. The number of H-pyrrole nitrogens is 1. The first-order chi connectivity index (χ1) is 13.1. The number of fused-ring (bicyclic) bond motifs is 1. The lowest BCUT2D eigenvalue weighted by atomic mass is 10.1. The van der Waals surface area contributed by atoms with Gasteiger partial charge in [-0.1, -0.05) is 18.0 Å². The third kappa shape index (κ3) is 4.20. The van der Waals surface area contributed by atoms with E-state index in [4.69, 9.17) is 11.6 Å². The van der Waals surface area contributed by atoms with Crippen molar-refractivity contribution < 1.29 is 9.90 Å². The predicted molar refractivity (Wildman–Crippen MR) is 105 cm³/mol. The second kappa shape index (κ2) is 8.04. The molecular formula is C19H26ClN5O2. The molecule has 1 aromatic carbocycles. The number of urea groups is 1. The van der Waals surface area contributed by atoms with Gasteiger partial charge in [-0.2, -0.15) is 0 Å². The lowest BCUT2D eigenvalue weighted by molar-refractivity contribution is 0.0706. The number of β-amino-alcohol motifs (C(OH)–C–C–N with tert-alkyl or cyclic N) is 1. The number of aliphatic hydroxyl groups is 1. The fourth-order valence-electron chi connectivity index (χ4n) is 4.10. The fraction of sp³-hybridized carbons (Fsp3) is 0.579. The van der Waals surface area contributed by atoms with Crippen LogP contribution in [0.25, 0.3) is 11.0 Å². The van der Waals surface area contributed by atoms with Crippen LogP contribution in [0.4, 0.5) is 4.79 Å². The van der Waals surface area contributed by atoms with Crippen LogP contribution in [0.5, 0.6) is 0 Å². The van der Waals surface area contributed by atoms with Crippen molar-refractivity contribution in [3.8, 4) is 0 Å². The number of aromatic amines is 1. The van der Waals surface area contributed by atoms with Gasteiger partial charge in [-0.05, 0) is 44.1 Å². The van der Waals surface area contributed by atoms with Crippen LogP contribution in [0.1, 0.15) is 25.1 Å². The molecule has 0 unspecified atom stereocenters. The molecule has 146 valence electrons. The van der Waals surface area contributed by atoms with Gasteiger partial charge in [-0.15, -0.1) is 0 Å². The molecule has 2 saturated heterocycles. The molecule has 2 amide bonds. The molecule has 1 aromatic heterocycles. The van der Waals surface area contributed by atoms with E-state index in [9.17, 15) is 9.90 Å². The van der Waals surface area contributed by atoms with Crippen molar-refractivity contribution in [1.29, 1.82) is 0 Å². The molecule has 3 heterocycles. The molecule has 8 heteroatoms. The minimum atomic E-state index is -0.464. The topological polar surface area (TPSA) is 84.5 Å². The van der Waals surface area contributed by atoms with E-state index in [1.54, 1.807) is 4.90 Å². The van der Waals surface area contributed by atoms with Gasteiger partial charge in [0.25, 0.3) is 0 Å². The molecule has 2 aliphatic heterocycles. The first kappa shape index (κ1) is 18.5.